The van der Waals surface area contributed by atoms with Crippen molar-refractivity contribution in [1.82, 2.24) is 15.0 Å². The van der Waals surface area contributed by atoms with Crippen LogP contribution in [0.1, 0.15) is 0 Å². The maximum absolute atomic E-state index is 13.7. The minimum Gasteiger partial charge on any atom is -0.479 e. The third-order valence-electron chi connectivity index (χ3n) is 4.89. The molecule has 186 valence electrons. The Labute approximate surface area is 210 Å². The molecule has 0 aliphatic carbocycles. The fourth-order valence-corrected chi connectivity index (χ4v) is 4.18. The fourth-order valence-electron chi connectivity index (χ4n) is 3.32. The average molecular weight is 568 g/mol. The van der Waals surface area contributed by atoms with Gasteiger partial charge in [0, 0.05) is 25.4 Å². The van der Waals surface area contributed by atoms with Gasteiger partial charge in [0.2, 0.25) is 21.9 Å². The van der Waals surface area contributed by atoms with Crippen LogP contribution in [0.25, 0.3) is 0 Å². The minimum absolute atomic E-state index is 0.0390. The van der Waals surface area contributed by atoms with Crippen molar-refractivity contribution in [3.8, 4) is 5.88 Å². The van der Waals surface area contributed by atoms with Crippen molar-refractivity contribution in [2.45, 2.75) is 0 Å². The zero-order valence-corrected chi connectivity index (χ0v) is 21.3. The third kappa shape index (κ3) is 6.46. The van der Waals surface area contributed by atoms with E-state index in [1.54, 1.807) is 0 Å². The van der Waals surface area contributed by atoms with E-state index in [2.05, 4.69) is 51.1 Å². The van der Waals surface area contributed by atoms with Gasteiger partial charge in [-0.25, -0.2) is 17.8 Å². The number of aromatic nitrogens is 3. The number of ether oxygens (including phenoxy) is 2. The number of anilines is 6. The molecule has 3 N–H and O–H groups in total. The maximum Gasteiger partial charge on any atom is 0.239 e. The molecule has 4 rings (SSSR count). The number of nitrogens with zero attached hydrogens (tertiary/aromatic N) is 4. The van der Waals surface area contributed by atoms with Crippen LogP contribution in [0.2, 0.25) is 0 Å². The van der Waals surface area contributed by atoms with Gasteiger partial charge in [-0.2, -0.15) is 9.97 Å². The van der Waals surface area contributed by atoms with Crippen molar-refractivity contribution >= 4 is 60.6 Å². The van der Waals surface area contributed by atoms with E-state index in [9.17, 15) is 12.8 Å². The van der Waals surface area contributed by atoms with E-state index in [0.717, 1.165) is 31.2 Å². The first-order valence-electron chi connectivity index (χ1n) is 10.4. The topological polar surface area (TPSA) is 131 Å². The molecule has 0 radical (unpaired) electrons. The predicted molar refractivity (Wildman–Crippen MR) is 135 cm³/mol. The van der Waals surface area contributed by atoms with Gasteiger partial charge in [0.15, 0.2) is 0 Å². The molecule has 0 spiro atoms. The Kier molecular flexibility index (Phi) is 7.52. The largest absolute Gasteiger partial charge is 0.479 e. The highest BCUT2D eigenvalue weighted by molar-refractivity contribution is 9.10. The van der Waals surface area contributed by atoms with E-state index in [0.29, 0.717) is 40.8 Å². The van der Waals surface area contributed by atoms with Gasteiger partial charge in [0.05, 0.1) is 42.4 Å². The first-order chi connectivity index (χ1) is 16.7. The van der Waals surface area contributed by atoms with E-state index in [-0.39, 0.29) is 11.6 Å². The van der Waals surface area contributed by atoms with Crippen molar-refractivity contribution in [3.63, 3.8) is 0 Å². The molecule has 35 heavy (non-hydrogen) atoms. The number of sulfonamides is 1. The van der Waals surface area contributed by atoms with Gasteiger partial charge < -0.3 is 25.0 Å². The summed E-state index contributed by atoms with van der Waals surface area (Å²) in [5.74, 6) is 1.10. The molecule has 3 aromatic rings. The van der Waals surface area contributed by atoms with Gasteiger partial charge in [-0.1, -0.05) is 0 Å². The number of pyridine rings is 1. The number of halogens is 2. The molecular weight excluding hydrogens is 545 g/mol. The number of rotatable bonds is 8. The van der Waals surface area contributed by atoms with Crippen LogP contribution < -0.4 is 25.0 Å². The number of morpholine rings is 1. The van der Waals surface area contributed by atoms with Gasteiger partial charge in [-0.3, -0.25) is 4.72 Å². The predicted octanol–water partition coefficient (Wildman–Crippen LogP) is 3.48. The van der Waals surface area contributed by atoms with E-state index in [1.165, 1.54) is 25.4 Å². The zero-order valence-electron chi connectivity index (χ0n) is 18.9. The summed E-state index contributed by atoms with van der Waals surface area (Å²) in [5.41, 5.74) is 0.896. The normalized spacial score (nSPS) is 13.9. The van der Waals surface area contributed by atoms with Crippen LogP contribution in [0, 0.1) is 5.82 Å². The monoisotopic (exact) mass is 567 g/mol. The van der Waals surface area contributed by atoms with E-state index < -0.39 is 15.8 Å². The molecule has 1 saturated heterocycles. The average Bonchev–Trinajstić information content (AvgIpc) is 2.82. The molecule has 0 amide bonds. The van der Waals surface area contributed by atoms with E-state index in [1.807, 2.05) is 12.1 Å². The molecule has 1 aliphatic heterocycles. The van der Waals surface area contributed by atoms with Crippen LogP contribution in [0.15, 0.2) is 41.0 Å². The van der Waals surface area contributed by atoms with Crippen LogP contribution in [-0.2, 0) is 14.8 Å². The second kappa shape index (κ2) is 10.6. The third-order valence-corrected chi connectivity index (χ3v) is 6.07. The number of benzene rings is 1. The Bertz CT molecular complexity index is 1320. The SMILES string of the molecule is COc1nc(N2CCOCC2)ccc1Nc1ncc(Br)c(Nc2ccc(F)cc2NS(C)(=O)=O)n1. The molecule has 0 unspecified atom stereocenters. The number of hydrogen-bond acceptors (Lipinski definition) is 10. The van der Waals surface area contributed by atoms with Crippen LogP contribution in [-0.4, -0.2) is 63.0 Å². The van der Waals surface area contributed by atoms with Gasteiger partial charge in [-0.05, 0) is 40.2 Å². The summed E-state index contributed by atoms with van der Waals surface area (Å²) < 4.78 is 50.8. The van der Waals surface area contributed by atoms with Crippen molar-refractivity contribution in [2.24, 2.45) is 0 Å². The van der Waals surface area contributed by atoms with Crippen molar-refractivity contribution < 1.29 is 22.3 Å². The molecular formula is C21H23BrFN7O4S. The lowest BCUT2D eigenvalue weighted by atomic mass is 10.2. The lowest BCUT2D eigenvalue weighted by Gasteiger charge is -2.28. The summed E-state index contributed by atoms with van der Waals surface area (Å²) in [7, 11) is -2.11. The van der Waals surface area contributed by atoms with Crippen LogP contribution >= 0.6 is 15.9 Å². The molecule has 2 aromatic heterocycles. The molecule has 1 fully saturated rings. The Hall–Kier alpha value is -3.23. The molecule has 3 heterocycles. The molecule has 1 aliphatic rings. The Morgan fingerprint density at radius 3 is 2.54 bits per heavy atom. The molecule has 0 bridgehead atoms. The summed E-state index contributed by atoms with van der Waals surface area (Å²) in [5, 5.41) is 6.08. The lowest BCUT2D eigenvalue weighted by molar-refractivity contribution is 0.122. The summed E-state index contributed by atoms with van der Waals surface area (Å²) in [6.45, 7) is 2.77. The minimum atomic E-state index is -3.63. The summed E-state index contributed by atoms with van der Waals surface area (Å²) >= 11 is 3.37. The summed E-state index contributed by atoms with van der Waals surface area (Å²) in [6.07, 6.45) is 2.50. The Balaban J connectivity index is 1.58. The highest BCUT2D eigenvalue weighted by Crippen LogP contribution is 2.32. The van der Waals surface area contributed by atoms with Crippen molar-refractivity contribution in [3.05, 3.63) is 46.8 Å². The molecule has 0 saturated carbocycles. The van der Waals surface area contributed by atoms with Gasteiger partial charge in [0.25, 0.3) is 0 Å². The van der Waals surface area contributed by atoms with Crippen molar-refractivity contribution in [1.29, 1.82) is 0 Å². The van der Waals surface area contributed by atoms with Crippen LogP contribution in [0.5, 0.6) is 5.88 Å². The number of hydrogen-bond donors (Lipinski definition) is 3. The van der Waals surface area contributed by atoms with Gasteiger partial charge >= 0.3 is 0 Å². The molecule has 0 atom stereocenters. The standard InChI is InChI=1S/C21H23BrFN7O4S/c1-33-20-16(5-6-18(27-20)30-7-9-34-10-8-30)26-21-24-12-14(22)19(28-21)25-15-4-3-13(23)11-17(15)29-35(2,31)32/h3-6,11-12,29H,7-10H2,1-2H3,(H2,24,25,26,28). The zero-order chi connectivity index (χ0) is 25.0. The maximum atomic E-state index is 13.7. The molecule has 14 heteroatoms. The number of methoxy groups -OCH3 is 1. The summed E-state index contributed by atoms with van der Waals surface area (Å²) in [4.78, 5) is 15.4. The first-order valence-corrected chi connectivity index (χ1v) is 13.1. The summed E-state index contributed by atoms with van der Waals surface area (Å²) in [6, 6.07) is 7.38. The quantitative estimate of drug-likeness (QED) is 0.371. The smallest absolute Gasteiger partial charge is 0.239 e. The van der Waals surface area contributed by atoms with Crippen LogP contribution in [0.3, 0.4) is 0 Å². The van der Waals surface area contributed by atoms with E-state index in [4.69, 9.17) is 9.47 Å². The van der Waals surface area contributed by atoms with E-state index >= 15 is 0 Å². The van der Waals surface area contributed by atoms with Crippen molar-refractivity contribution in [2.75, 3.05) is 59.9 Å². The van der Waals surface area contributed by atoms with Gasteiger partial charge in [-0.15, -0.1) is 0 Å². The first kappa shape index (κ1) is 24.9. The Morgan fingerprint density at radius 2 is 1.83 bits per heavy atom. The molecule has 11 nitrogen and oxygen atoms in total. The Morgan fingerprint density at radius 1 is 1.09 bits per heavy atom. The van der Waals surface area contributed by atoms with Gasteiger partial charge in [0.1, 0.15) is 23.1 Å². The second-order valence-electron chi connectivity index (χ2n) is 7.53. The second-order valence-corrected chi connectivity index (χ2v) is 10.1. The highest BCUT2D eigenvalue weighted by atomic mass is 79.9. The lowest BCUT2D eigenvalue weighted by Crippen LogP contribution is -2.36. The molecule has 1 aromatic carbocycles. The highest BCUT2D eigenvalue weighted by Gasteiger charge is 2.17. The fraction of sp³-hybridized carbons (Fsp3) is 0.286. The van der Waals surface area contributed by atoms with Crippen LogP contribution in [0.4, 0.5) is 39.0 Å². The number of nitrogens with one attached hydrogen (secondary N) is 3.